The van der Waals surface area contributed by atoms with Crippen LogP contribution in [-0.4, -0.2) is 38.4 Å². The number of esters is 1. The lowest BCUT2D eigenvalue weighted by Gasteiger charge is -2.58. The average Bonchev–Trinajstić information content (AvgIpc) is 3.35. The van der Waals surface area contributed by atoms with E-state index in [1.54, 1.807) is 12.2 Å². The lowest BCUT2D eigenvalue weighted by molar-refractivity contribution is -0.202. The number of ether oxygens (including phenoxy) is 2. The van der Waals surface area contributed by atoms with Crippen LogP contribution in [0.25, 0.3) is 0 Å². The van der Waals surface area contributed by atoms with Gasteiger partial charge < -0.3 is 13.9 Å². The minimum Gasteiger partial charge on any atom is -0.544 e. The minimum absolute atomic E-state index is 0.0247. The number of carbonyl (C=O) groups is 2. The third kappa shape index (κ3) is 3.74. The van der Waals surface area contributed by atoms with Gasteiger partial charge in [-0.25, -0.2) is 0 Å². The molecule has 1 aromatic carbocycles. The summed E-state index contributed by atoms with van der Waals surface area (Å²) in [5.74, 6) is 1.27. The molecule has 0 N–H and O–H groups in total. The normalized spacial score (nSPS) is 40.5. The van der Waals surface area contributed by atoms with Crippen molar-refractivity contribution in [3.05, 3.63) is 53.1 Å². The van der Waals surface area contributed by atoms with Gasteiger partial charge in [0.1, 0.15) is 11.9 Å². The van der Waals surface area contributed by atoms with Crippen molar-refractivity contribution in [2.24, 2.45) is 28.6 Å². The van der Waals surface area contributed by atoms with E-state index in [0.717, 1.165) is 25.0 Å². The lowest BCUT2D eigenvalue weighted by atomic mass is 9.45. The van der Waals surface area contributed by atoms with Crippen LogP contribution in [-0.2, 0) is 19.1 Å². The highest BCUT2D eigenvalue weighted by Gasteiger charge is 2.72. The minimum atomic E-state index is -1.90. The molecule has 3 aliphatic carbocycles. The third-order valence-corrected chi connectivity index (χ3v) is 16.4. The zero-order valence-corrected chi connectivity index (χ0v) is 26.7. The first kappa shape index (κ1) is 28.0. The summed E-state index contributed by atoms with van der Waals surface area (Å²) in [5.41, 5.74) is 2.68. The first-order valence-electron chi connectivity index (χ1n) is 15.2. The van der Waals surface area contributed by atoms with E-state index in [2.05, 4.69) is 78.9 Å². The van der Waals surface area contributed by atoms with Crippen molar-refractivity contribution >= 4 is 20.1 Å². The Morgan fingerprint density at radius 1 is 1.07 bits per heavy atom. The SMILES string of the molecule is CC[C@H]1[C@@H]2CC3=C(C)[C@H](c4ccc(O[Si](C)(C)C(C)(C)C)cc4)C[C@@H]3O[C@@H]2[C@@H]2OC(=O)[C@]3(C)C=CC(=O)[C@@]1(C)[C@@H]23. The Balaban J connectivity index is 1.29. The quantitative estimate of drug-likeness (QED) is 0.218. The first-order valence-corrected chi connectivity index (χ1v) is 18.1. The number of hydrogen-bond donors (Lipinski definition) is 0. The third-order valence-electron chi connectivity index (χ3n) is 12.0. The highest BCUT2D eigenvalue weighted by molar-refractivity contribution is 6.74. The highest BCUT2D eigenvalue weighted by Crippen LogP contribution is 2.65. The molecular formula is C34H46O5Si. The number of fused-ring (bicyclic) bond motifs is 3. The van der Waals surface area contributed by atoms with Gasteiger partial charge in [0, 0.05) is 17.3 Å². The van der Waals surface area contributed by atoms with Crippen LogP contribution in [0.1, 0.15) is 79.2 Å². The monoisotopic (exact) mass is 562 g/mol. The second-order valence-electron chi connectivity index (χ2n) is 15.0. The molecule has 5 aliphatic rings. The maximum absolute atomic E-state index is 13.5. The summed E-state index contributed by atoms with van der Waals surface area (Å²) in [6.07, 6.45) is 5.63. The molecule has 40 heavy (non-hydrogen) atoms. The van der Waals surface area contributed by atoms with Crippen LogP contribution in [0.2, 0.25) is 18.1 Å². The van der Waals surface area contributed by atoms with Gasteiger partial charge >= 0.3 is 5.97 Å². The molecule has 6 rings (SSSR count). The summed E-state index contributed by atoms with van der Waals surface area (Å²) in [6.45, 7) is 19.8. The van der Waals surface area contributed by atoms with E-state index >= 15 is 0 Å². The molecule has 6 heteroatoms. The molecule has 2 heterocycles. The zero-order valence-electron chi connectivity index (χ0n) is 25.7. The first-order chi connectivity index (χ1) is 18.6. The smallest absolute Gasteiger partial charge is 0.316 e. The van der Waals surface area contributed by atoms with Crippen molar-refractivity contribution in [1.29, 1.82) is 0 Å². The van der Waals surface area contributed by atoms with E-state index in [9.17, 15) is 9.59 Å². The van der Waals surface area contributed by atoms with Crippen LogP contribution in [0.3, 0.4) is 0 Å². The second-order valence-corrected chi connectivity index (χ2v) is 19.7. The van der Waals surface area contributed by atoms with Gasteiger partial charge in [0.05, 0.1) is 17.6 Å². The molecule has 1 aromatic rings. The topological polar surface area (TPSA) is 61.8 Å². The Morgan fingerprint density at radius 3 is 2.38 bits per heavy atom. The number of benzene rings is 1. The van der Waals surface area contributed by atoms with Gasteiger partial charge in [-0.3, -0.25) is 9.59 Å². The molecule has 216 valence electrons. The van der Waals surface area contributed by atoms with Crippen LogP contribution >= 0.6 is 0 Å². The van der Waals surface area contributed by atoms with Gasteiger partial charge in [-0.1, -0.05) is 64.8 Å². The van der Waals surface area contributed by atoms with E-state index in [-0.39, 0.29) is 52.9 Å². The summed E-state index contributed by atoms with van der Waals surface area (Å²) in [6, 6.07) is 8.71. The Bertz CT molecular complexity index is 1300. The fourth-order valence-corrected chi connectivity index (χ4v) is 9.77. The molecule has 1 saturated carbocycles. The van der Waals surface area contributed by atoms with Crippen molar-refractivity contribution in [3.8, 4) is 5.75 Å². The molecule has 2 aliphatic heterocycles. The fourth-order valence-electron chi connectivity index (χ4n) is 8.74. The molecule has 9 atom stereocenters. The fraction of sp³-hybridized carbons (Fsp3) is 0.647. The van der Waals surface area contributed by atoms with Crippen LogP contribution in [0, 0.1) is 28.6 Å². The Morgan fingerprint density at radius 2 is 1.75 bits per heavy atom. The maximum Gasteiger partial charge on any atom is 0.316 e. The Labute approximate surface area is 240 Å². The van der Waals surface area contributed by atoms with Crippen molar-refractivity contribution in [2.45, 2.75) is 110 Å². The van der Waals surface area contributed by atoms with E-state index in [1.807, 2.05) is 6.92 Å². The number of carbonyl (C=O) groups excluding carboxylic acids is 2. The van der Waals surface area contributed by atoms with Gasteiger partial charge in [-0.15, -0.1) is 0 Å². The summed E-state index contributed by atoms with van der Waals surface area (Å²) < 4.78 is 19.6. The van der Waals surface area contributed by atoms with Gasteiger partial charge in [0.15, 0.2) is 5.78 Å². The Kier molecular flexibility index (Phi) is 6.23. The van der Waals surface area contributed by atoms with Crippen molar-refractivity contribution in [2.75, 3.05) is 0 Å². The second kappa shape index (κ2) is 8.91. The van der Waals surface area contributed by atoms with Crippen LogP contribution in [0.5, 0.6) is 5.75 Å². The molecule has 3 fully saturated rings. The van der Waals surface area contributed by atoms with E-state index in [1.165, 1.54) is 16.7 Å². The molecule has 5 nitrogen and oxygen atoms in total. The summed E-state index contributed by atoms with van der Waals surface area (Å²) in [5, 5.41) is 0.151. The predicted octanol–water partition coefficient (Wildman–Crippen LogP) is 7.38. The summed E-state index contributed by atoms with van der Waals surface area (Å²) in [4.78, 5) is 26.8. The van der Waals surface area contributed by atoms with Gasteiger partial charge in [-0.05, 0) is 86.0 Å². The van der Waals surface area contributed by atoms with Gasteiger partial charge in [-0.2, -0.15) is 0 Å². The van der Waals surface area contributed by atoms with Crippen LogP contribution in [0.15, 0.2) is 47.6 Å². The molecule has 0 unspecified atom stereocenters. The van der Waals surface area contributed by atoms with Crippen molar-refractivity contribution in [3.63, 3.8) is 0 Å². The summed E-state index contributed by atoms with van der Waals surface area (Å²) in [7, 11) is -1.90. The molecular weight excluding hydrogens is 516 g/mol. The molecule has 0 bridgehead atoms. The number of rotatable bonds is 4. The lowest BCUT2D eigenvalue weighted by Crippen LogP contribution is -2.64. The molecule has 0 aromatic heterocycles. The Hall–Kier alpha value is -2.18. The van der Waals surface area contributed by atoms with Crippen LogP contribution < -0.4 is 4.43 Å². The zero-order chi connectivity index (χ0) is 29.0. The van der Waals surface area contributed by atoms with Gasteiger partial charge in [0.25, 0.3) is 0 Å². The number of allylic oxidation sites excluding steroid dienone is 2. The van der Waals surface area contributed by atoms with E-state index < -0.39 is 19.1 Å². The largest absolute Gasteiger partial charge is 0.544 e. The number of ketones is 1. The maximum atomic E-state index is 13.5. The van der Waals surface area contributed by atoms with Crippen LogP contribution in [0.4, 0.5) is 0 Å². The predicted molar refractivity (Wildman–Crippen MR) is 159 cm³/mol. The number of hydrogen-bond acceptors (Lipinski definition) is 5. The molecule has 0 spiro atoms. The molecule has 0 amide bonds. The average molecular weight is 563 g/mol. The summed E-state index contributed by atoms with van der Waals surface area (Å²) >= 11 is 0. The highest BCUT2D eigenvalue weighted by atomic mass is 28.4. The van der Waals surface area contributed by atoms with E-state index in [0.29, 0.717) is 5.92 Å². The van der Waals surface area contributed by atoms with E-state index in [4.69, 9.17) is 13.9 Å². The standard InChI is InChI=1S/C34H46O5Si/c1-10-25-24-17-23-19(2)22(20-11-13-21(14-12-20)39-40(8,9)32(3,4)5)18-26(23)37-28(24)29-30-33(6,31(36)38-29)16-15-27(35)34(25,30)7/h11-16,22,24-26,28-30H,10,17-18H2,1-9H3/t22-,24+,25+,26+,28+,29+,30+,33-,34+/m1/s1. The molecule has 0 radical (unpaired) electrons. The van der Waals surface area contributed by atoms with Gasteiger partial charge in [0.2, 0.25) is 8.32 Å². The van der Waals surface area contributed by atoms with Crippen molar-refractivity contribution < 1.29 is 23.5 Å². The van der Waals surface area contributed by atoms with Crippen molar-refractivity contribution in [1.82, 2.24) is 0 Å². The molecule has 2 saturated heterocycles.